The topological polar surface area (TPSA) is 148 Å². The Labute approximate surface area is 183 Å². The molecule has 1 aliphatic rings. The number of hydrogen-bond donors (Lipinski definition) is 3. The summed E-state index contributed by atoms with van der Waals surface area (Å²) in [4.78, 5) is 30.4. The van der Waals surface area contributed by atoms with Gasteiger partial charge in [-0.15, -0.1) is 0 Å². The molecular formula is C20H22N4O6S. The molecule has 164 valence electrons. The Bertz CT molecular complexity index is 884. The fraction of sp³-hybridized carbons (Fsp3) is 0.300. The molecule has 11 heteroatoms. The van der Waals surface area contributed by atoms with E-state index < -0.39 is 32.8 Å². The number of benzene rings is 2. The van der Waals surface area contributed by atoms with Gasteiger partial charge in [0.25, 0.3) is 11.4 Å². The van der Waals surface area contributed by atoms with Crippen LogP contribution in [0.25, 0.3) is 0 Å². The second-order valence-electron chi connectivity index (χ2n) is 6.85. The molecule has 1 heterocycles. The molecule has 0 saturated carbocycles. The zero-order chi connectivity index (χ0) is 23.0. The van der Waals surface area contributed by atoms with Gasteiger partial charge in [0.05, 0.1) is 32.5 Å². The van der Waals surface area contributed by atoms with Crippen LogP contribution < -0.4 is 10.6 Å². The predicted molar refractivity (Wildman–Crippen MR) is 118 cm³/mol. The van der Waals surface area contributed by atoms with Gasteiger partial charge in [-0.1, -0.05) is 42.5 Å². The third-order valence-corrected chi connectivity index (χ3v) is 5.01. The van der Waals surface area contributed by atoms with Crippen molar-refractivity contribution in [1.82, 2.24) is 10.6 Å². The molecule has 0 unspecified atom stereocenters. The van der Waals surface area contributed by atoms with Gasteiger partial charge in [0.15, 0.2) is 0 Å². The fourth-order valence-corrected chi connectivity index (χ4v) is 3.35. The van der Waals surface area contributed by atoms with Crippen molar-refractivity contribution < 1.29 is 19.7 Å². The summed E-state index contributed by atoms with van der Waals surface area (Å²) < 4.78 is 0. The Morgan fingerprint density at radius 1 is 1.16 bits per heavy atom. The SMILES string of the molecule is C[C@@H](NC(=S)[C@@H]1CCCN1)c1ccccc1.O=C(O)c1cc([N+](=O)[O-])cc([N+](=O)[O-])c1. The molecule has 10 nitrogen and oxygen atoms in total. The predicted octanol–water partition coefficient (Wildman–Crippen LogP) is 3.62. The lowest BCUT2D eigenvalue weighted by atomic mass is 10.1. The minimum atomic E-state index is -1.46. The first-order chi connectivity index (χ1) is 14.7. The van der Waals surface area contributed by atoms with Crippen LogP contribution in [0.5, 0.6) is 0 Å². The standard InChI is InChI=1S/C13H18N2S.C7H4N2O6/c1-10(11-6-3-2-4-7-11)15-13(16)12-8-5-9-14-12;10-7(11)4-1-5(8(12)13)3-6(2-4)9(14)15/h2-4,6-7,10,12,14H,5,8-9H2,1H3,(H,15,16);1-3H,(H,10,11)/t10-,12+;/m1./s1. The third-order valence-electron chi connectivity index (χ3n) is 4.61. The van der Waals surface area contributed by atoms with Gasteiger partial charge in [0.2, 0.25) is 0 Å². The van der Waals surface area contributed by atoms with Crippen LogP contribution >= 0.6 is 12.2 Å². The van der Waals surface area contributed by atoms with E-state index >= 15 is 0 Å². The van der Waals surface area contributed by atoms with Crippen LogP contribution in [-0.4, -0.2) is 38.5 Å². The largest absolute Gasteiger partial charge is 0.478 e. The van der Waals surface area contributed by atoms with Crippen LogP contribution in [-0.2, 0) is 0 Å². The average molecular weight is 446 g/mol. The van der Waals surface area contributed by atoms with Gasteiger partial charge >= 0.3 is 5.97 Å². The minimum absolute atomic E-state index is 0.288. The lowest BCUT2D eigenvalue weighted by molar-refractivity contribution is -0.394. The Hall–Kier alpha value is -3.44. The van der Waals surface area contributed by atoms with Crippen LogP contribution in [0.15, 0.2) is 48.5 Å². The van der Waals surface area contributed by atoms with Gasteiger partial charge in [-0.05, 0) is 31.9 Å². The highest BCUT2D eigenvalue weighted by Gasteiger charge is 2.20. The minimum Gasteiger partial charge on any atom is -0.478 e. The number of hydrogen-bond acceptors (Lipinski definition) is 7. The molecule has 1 saturated heterocycles. The molecule has 0 radical (unpaired) electrons. The Morgan fingerprint density at radius 3 is 2.19 bits per heavy atom. The van der Waals surface area contributed by atoms with Crippen LogP contribution in [0.3, 0.4) is 0 Å². The monoisotopic (exact) mass is 446 g/mol. The van der Waals surface area contributed by atoms with Crippen molar-refractivity contribution in [2.45, 2.75) is 31.8 Å². The Balaban J connectivity index is 0.000000221. The molecule has 0 bridgehead atoms. The van der Waals surface area contributed by atoms with Crippen molar-refractivity contribution in [3.63, 3.8) is 0 Å². The average Bonchev–Trinajstić information content (AvgIpc) is 3.29. The summed E-state index contributed by atoms with van der Waals surface area (Å²) in [6.45, 7) is 3.24. The van der Waals surface area contributed by atoms with Gasteiger partial charge in [0, 0.05) is 18.2 Å². The normalized spacial score (nSPS) is 15.8. The van der Waals surface area contributed by atoms with E-state index in [0.29, 0.717) is 12.1 Å². The van der Waals surface area contributed by atoms with Gasteiger partial charge in [-0.2, -0.15) is 0 Å². The Morgan fingerprint density at radius 2 is 1.74 bits per heavy atom. The van der Waals surface area contributed by atoms with Gasteiger partial charge in [0.1, 0.15) is 0 Å². The van der Waals surface area contributed by atoms with E-state index in [0.717, 1.165) is 30.1 Å². The molecule has 1 fully saturated rings. The number of non-ortho nitro benzene ring substituents is 2. The lowest BCUT2D eigenvalue weighted by Gasteiger charge is -2.20. The fourth-order valence-electron chi connectivity index (χ4n) is 2.98. The van der Waals surface area contributed by atoms with Crippen molar-refractivity contribution >= 4 is 34.6 Å². The number of aromatic carboxylic acids is 1. The van der Waals surface area contributed by atoms with E-state index in [9.17, 15) is 25.0 Å². The first-order valence-electron chi connectivity index (χ1n) is 9.45. The number of nitro benzene ring substituents is 2. The van der Waals surface area contributed by atoms with E-state index in [-0.39, 0.29) is 6.04 Å². The highest BCUT2D eigenvalue weighted by molar-refractivity contribution is 7.80. The number of thiocarbonyl (C=S) groups is 1. The molecular weight excluding hydrogens is 424 g/mol. The summed E-state index contributed by atoms with van der Waals surface area (Å²) >= 11 is 5.42. The van der Waals surface area contributed by atoms with E-state index in [2.05, 4.69) is 41.8 Å². The summed E-state index contributed by atoms with van der Waals surface area (Å²) in [5.41, 5.74) is -0.457. The van der Waals surface area contributed by atoms with E-state index in [4.69, 9.17) is 17.3 Å². The molecule has 0 aromatic heterocycles. The van der Waals surface area contributed by atoms with Crippen molar-refractivity contribution in [3.8, 4) is 0 Å². The van der Waals surface area contributed by atoms with Gasteiger partial charge < -0.3 is 15.7 Å². The molecule has 3 N–H and O–H groups in total. The second-order valence-corrected chi connectivity index (χ2v) is 7.29. The van der Waals surface area contributed by atoms with E-state index in [1.54, 1.807) is 0 Å². The number of nitro groups is 2. The summed E-state index contributed by atoms with van der Waals surface area (Å²) in [5.74, 6) is -1.46. The maximum Gasteiger partial charge on any atom is 0.336 e. The molecule has 1 aliphatic heterocycles. The van der Waals surface area contributed by atoms with Crippen LogP contribution in [0.4, 0.5) is 11.4 Å². The van der Waals surface area contributed by atoms with Crippen LogP contribution in [0.1, 0.15) is 41.7 Å². The maximum absolute atomic E-state index is 10.5. The summed E-state index contributed by atoms with van der Waals surface area (Å²) in [6.07, 6.45) is 2.39. The van der Waals surface area contributed by atoms with Crippen LogP contribution in [0.2, 0.25) is 0 Å². The molecule has 2 aromatic carbocycles. The number of carbonyl (C=O) groups is 1. The molecule has 3 rings (SSSR count). The van der Waals surface area contributed by atoms with Crippen LogP contribution in [0, 0.1) is 20.2 Å². The van der Waals surface area contributed by atoms with Crippen molar-refractivity contribution in [1.29, 1.82) is 0 Å². The summed E-state index contributed by atoms with van der Waals surface area (Å²) in [7, 11) is 0. The smallest absolute Gasteiger partial charge is 0.336 e. The number of rotatable bonds is 6. The highest BCUT2D eigenvalue weighted by atomic mass is 32.1. The second kappa shape index (κ2) is 11.1. The van der Waals surface area contributed by atoms with Gasteiger partial charge in [-0.25, -0.2) is 4.79 Å². The third kappa shape index (κ3) is 7.08. The molecule has 0 aliphatic carbocycles. The Kier molecular flexibility index (Phi) is 8.53. The van der Waals surface area contributed by atoms with Crippen molar-refractivity contribution in [2.24, 2.45) is 0 Å². The summed E-state index contributed by atoms with van der Waals surface area (Å²) in [6, 6.07) is 13.3. The molecule has 0 spiro atoms. The number of nitrogens with one attached hydrogen (secondary N) is 2. The molecule has 0 amide bonds. The van der Waals surface area contributed by atoms with Crippen molar-refractivity contribution in [2.75, 3.05) is 6.54 Å². The molecule has 2 atom stereocenters. The first kappa shape index (κ1) is 23.8. The lowest BCUT2D eigenvalue weighted by Crippen LogP contribution is -2.40. The number of carboxylic acids is 1. The first-order valence-corrected chi connectivity index (χ1v) is 9.85. The molecule has 2 aromatic rings. The number of nitrogens with zero attached hydrogens (tertiary/aromatic N) is 2. The summed E-state index contributed by atoms with van der Waals surface area (Å²) in [5, 5.41) is 36.0. The van der Waals surface area contributed by atoms with Crippen molar-refractivity contribution in [3.05, 3.63) is 79.9 Å². The highest BCUT2D eigenvalue weighted by Crippen LogP contribution is 2.22. The zero-order valence-corrected chi connectivity index (χ0v) is 17.5. The number of carboxylic acid groups (broad SMARTS) is 1. The van der Waals surface area contributed by atoms with Gasteiger partial charge in [-0.3, -0.25) is 20.2 Å². The molecule has 31 heavy (non-hydrogen) atoms. The van der Waals surface area contributed by atoms with E-state index in [1.807, 2.05) is 6.07 Å². The van der Waals surface area contributed by atoms with E-state index in [1.165, 1.54) is 12.0 Å². The quantitative estimate of drug-likeness (QED) is 0.344. The zero-order valence-electron chi connectivity index (χ0n) is 16.7. The maximum atomic E-state index is 10.5.